The molecule has 0 saturated heterocycles. The molecule has 0 heteroatoms. The SMILES string of the molecule is CCCCCC1CCC(CC)CC1CC. The quantitative estimate of drug-likeness (QED) is 0.514. The van der Waals surface area contributed by atoms with E-state index in [9.17, 15) is 0 Å². The average Bonchev–Trinajstić information content (AvgIpc) is 2.29. The molecule has 3 atom stereocenters. The van der Waals surface area contributed by atoms with Crippen molar-refractivity contribution in [3.8, 4) is 0 Å². The minimum Gasteiger partial charge on any atom is -0.0654 e. The lowest BCUT2D eigenvalue weighted by molar-refractivity contribution is 0.159. The van der Waals surface area contributed by atoms with Crippen molar-refractivity contribution in [3.05, 3.63) is 0 Å². The Labute approximate surface area is 96.8 Å². The summed E-state index contributed by atoms with van der Waals surface area (Å²) < 4.78 is 0. The first-order valence-electron chi connectivity index (χ1n) is 7.31. The highest BCUT2D eigenvalue weighted by atomic mass is 14.3. The second kappa shape index (κ2) is 7.30. The van der Waals surface area contributed by atoms with Crippen LogP contribution in [0, 0.1) is 17.8 Å². The van der Waals surface area contributed by atoms with E-state index in [0.717, 1.165) is 17.8 Å². The van der Waals surface area contributed by atoms with Crippen molar-refractivity contribution < 1.29 is 0 Å². The van der Waals surface area contributed by atoms with Gasteiger partial charge in [-0.15, -0.1) is 0 Å². The van der Waals surface area contributed by atoms with Crippen LogP contribution in [0.25, 0.3) is 0 Å². The summed E-state index contributed by atoms with van der Waals surface area (Å²) in [6, 6.07) is 0. The number of unbranched alkanes of at least 4 members (excludes halogenated alkanes) is 2. The third-order valence-corrected chi connectivity index (χ3v) is 4.53. The van der Waals surface area contributed by atoms with Crippen molar-refractivity contribution in [1.29, 1.82) is 0 Å². The summed E-state index contributed by atoms with van der Waals surface area (Å²) in [5, 5.41) is 0. The maximum Gasteiger partial charge on any atom is -0.0386 e. The van der Waals surface area contributed by atoms with Crippen molar-refractivity contribution >= 4 is 0 Å². The Morgan fingerprint density at radius 3 is 2.27 bits per heavy atom. The molecular formula is C15H30. The highest BCUT2D eigenvalue weighted by molar-refractivity contribution is 4.79. The molecule has 0 heterocycles. The first kappa shape index (κ1) is 13.1. The van der Waals surface area contributed by atoms with Crippen LogP contribution in [-0.2, 0) is 0 Å². The van der Waals surface area contributed by atoms with Gasteiger partial charge in [0.1, 0.15) is 0 Å². The van der Waals surface area contributed by atoms with Gasteiger partial charge in [-0.3, -0.25) is 0 Å². The fourth-order valence-corrected chi connectivity index (χ4v) is 3.33. The van der Waals surface area contributed by atoms with E-state index in [1.807, 2.05) is 0 Å². The van der Waals surface area contributed by atoms with Gasteiger partial charge in [0.15, 0.2) is 0 Å². The van der Waals surface area contributed by atoms with E-state index in [0.29, 0.717) is 0 Å². The van der Waals surface area contributed by atoms with Crippen LogP contribution in [0.5, 0.6) is 0 Å². The predicted molar refractivity (Wildman–Crippen MR) is 69.0 cm³/mol. The summed E-state index contributed by atoms with van der Waals surface area (Å²) in [7, 11) is 0. The molecule has 1 aliphatic rings. The molecular weight excluding hydrogens is 180 g/mol. The lowest BCUT2D eigenvalue weighted by Gasteiger charge is -2.35. The van der Waals surface area contributed by atoms with Crippen LogP contribution >= 0.6 is 0 Å². The Hall–Kier alpha value is 0. The van der Waals surface area contributed by atoms with Crippen molar-refractivity contribution in [2.45, 2.75) is 78.6 Å². The molecule has 1 saturated carbocycles. The van der Waals surface area contributed by atoms with Crippen LogP contribution in [0.3, 0.4) is 0 Å². The molecule has 0 amide bonds. The molecule has 0 radical (unpaired) electrons. The van der Waals surface area contributed by atoms with Crippen LogP contribution in [0.4, 0.5) is 0 Å². The monoisotopic (exact) mass is 210 g/mol. The van der Waals surface area contributed by atoms with E-state index in [4.69, 9.17) is 0 Å². The first-order valence-corrected chi connectivity index (χ1v) is 7.31. The summed E-state index contributed by atoms with van der Waals surface area (Å²) in [4.78, 5) is 0. The van der Waals surface area contributed by atoms with Crippen LogP contribution in [0.1, 0.15) is 78.6 Å². The molecule has 90 valence electrons. The lowest BCUT2D eigenvalue weighted by Crippen LogP contribution is -2.24. The van der Waals surface area contributed by atoms with Gasteiger partial charge in [0.2, 0.25) is 0 Å². The molecule has 0 nitrogen and oxygen atoms in total. The molecule has 0 aromatic rings. The van der Waals surface area contributed by atoms with Crippen LogP contribution in [0.2, 0.25) is 0 Å². The van der Waals surface area contributed by atoms with Crippen LogP contribution in [-0.4, -0.2) is 0 Å². The third-order valence-electron chi connectivity index (χ3n) is 4.53. The zero-order valence-electron chi connectivity index (χ0n) is 11.1. The van der Waals surface area contributed by atoms with E-state index in [1.54, 1.807) is 0 Å². The zero-order valence-corrected chi connectivity index (χ0v) is 11.1. The second-order valence-electron chi connectivity index (χ2n) is 5.51. The van der Waals surface area contributed by atoms with Crippen molar-refractivity contribution in [1.82, 2.24) is 0 Å². The minimum atomic E-state index is 1.05. The van der Waals surface area contributed by atoms with Gasteiger partial charge in [-0.2, -0.15) is 0 Å². The van der Waals surface area contributed by atoms with Gasteiger partial charge in [-0.25, -0.2) is 0 Å². The van der Waals surface area contributed by atoms with E-state index in [2.05, 4.69) is 20.8 Å². The zero-order chi connectivity index (χ0) is 11.1. The maximum atomic E-state index is 2.40. The molecule has 1 fully saturated rings. The fraction of sp³-hybridized carbons (Fsp3) is 1.00. The van der Waals surface area contributed by atoms with Gasteiger partial charge in [0.05, 0.1) is 0 Å². The van der Waals surface area contributed by atoms with Gasteiger partial charge in [-0.1, -0.05) is 65.7 Å². The molecule has 3 unspecified atom stereocenters. The topological polar surface area (TPSA) is 0 Å². The minimum absolute atomic E-state index is 1.05. The highest BCUT2D eigenvalue weighted by Gasteiger charge is 2.27. The van der Waals surface area contributed by atoms with E-state index in [1.165, 1.54) is 57.8 Å². The summed E-state index contributed by atoms with van der Waals surface area (Å²) in [5.41, 5.74) is 0. The maximum absolute atomic E-state index is 2.40. The van der Waals surface area contributed by atoms with Gasteiger partial charge in [-0.05, 0) is 30.6 Å². The van der Waals surface area contributed by atoms with E-state index in [-0.39, 0.29) is 0 Å². The van der Waals surface area contributed by atoms with Crippen molar-refractivity contribution in [2.75, 3.05) is 0 Å². The van der Waals surface area contributed by atoms with Gasteiger partial charge in [0.25, 0.3) is 0 Å². The van der Waals surface area contributed by atoms with Gasteiger partial charge >= 0.3 is 0 Å². The summed E-state index contributed by atoms with van der Waals surface area (Å²) in [5.74, 6) is 3.18. The van der Waals surface area contributed by atoms with Crippen LogP contribution < -0.4 is 0 Å². The third kappa shape index (κ3) is 4.17. The molecule has 0 N–H and O–H groups in total. The molecule has 0 bridgehead atoms. The van der Waals surface area contributed by atoms with Gasteiger partial charge < -0.3 is 0 Å². The first-order chi connectivity index (χ1) is 7.31. The lowest BCUT2D eigenvalue weighted by atomic mass is 9.70. The Morgan fingerprint density at radius 1 is 0.867 bits per heavy atom. The summed E-state index contributed by atoms with van der Waals surface area (Å²) in [6.07, 6.45) is 13.2. The highest BCUT2D eigenvalue weighted by Crippen LogP contribution is 2.39. The van der Waals surface area contributed by atoms with Crippen LogP contribution in [0.15, 0.2) is 0 Å². The van der Waals surface area contributed by atoms with Crippen molar-refractivity contribution in [3.63, 3.8) is 0 Å². The molecule has 0 aliphatic heterocycles. The number of hydrogen-bond acceptors (Lipinski definition) is 0. The standard InChI is InChI=1S/C15H30/c1-4-7-8-9-15-11-10-13(5-2)12-14(15)6-3/h13-15H,4-12H2,1-3H3. The molecule has 1 aliphatic carbocycles. The van der Waals surface area contributed by atoms with Crippen molar-refractivity contribution in [2.24, 2.45) is 17.8 Å². The summed E-state index contributed by atoms with van der Waals surface area (Å²) in [6.45, 7) is 7.08. The number of rotatable bonds is 6. The van der Waals surface area contributed by atoms with E-state index < -0.39 is 0 Å². The average molecular weight is 210 g/mol. The summed E-state index contributed by atoms with van der Waals surface area (Å²) >= 11 is 0. The number of hydrogen-bond donors (Lipinski definition) is 0. The molecule has 0 aromatic heterocycles. The Morgan fingerprint density at radius 2 is 1.67 bits per heavy atom. The molecule has 1 rings (SSSR count). The normalized spacial score (nSPS) is 31.8. The fourth-order valence-electron chi connectivity index (χ4n) is 3.33. The second-order valence-corrected chi connectivity index (χ2v) is 5.51. The Bertz CT molecular complexity index is 148. The predicted octanol–water partition coefficient (Wildman–Crippen LogP) is 5.42. The van der Waals surface area contributed by atoms with Gasteiger partial charge in [0, 0.05) is 0 Å². The molecule has 0 aromatic carbocycles. The Kier molecular flexibility index (Phi) is 6.36. The smallest absolute Gasteiger partial charge is 0.0386 e. The van der Waals surface area contributed by atoms with E-state index >= 15 is 0 Å². The largest absolute Gasteiger partial charge is 0.0654 e. The Balaban J connectivity index is 2.30. The molecule has 15 heavy (non-hydrogen) atoms. The molecule has 0 spiro atoms.